The molecule has 0 heterocycles. The molecule has 0 aliphatic heterocycles. The van der Waals surface area contributed by atoms with Crippen LogP contribution in [-0.4, -0.2) is 35.9 Å². The first kappa shape index (κ1) is 18.2. The number of terminal acetylenes is 1. The molecular formula is C20H22FNO2. The van der Waals surface area contributed by atoms with Crippen LogP contribution in [0.4, 0.5) is 4.39 Å². The van der Waals surface area contributed by atoms with E-state index in [1.807, 2.05) is 30.3 Å². The molecule has 126 valence electrons. The van der Waals surface area contributed by atoms with Gasteiger partial charge < -0.3 is 9.84 Å². The summed E-state index contributed by atoms with van der Waals surface area (Å²) in [7, 11) is 0. The third kappa shape index (κ3) is 6.51. The lowest BCUT2D eigenvalue weighted by atomic mass is 10.1. The van der Waals surface area contributed by atoms with E-state index in [-0.39, 0.29) is 19.0 Å². The molecule has 2 aromatic rings. The van der Waals surface area contributed by atoms with Crippen molar-refractivity contribution in [3.8, 4) is 12.3 Å². The Bertz CT molecular complexity index is 637. The summed E-state index contributed by atoms with van der Waals surface area (Å²) in [5.41, 5.74) is 2.14. The molecule has 4 heteroatoms. The lowest BCUT2D eigenvalue weighted by Gasteiger charge is -2.25. The minimum absolute atomic E-state index is 0.188. The lowest BCUT2D eigenvalue weighted by Crippen LogP contribution is -2.34. The Morgan fingerprint density at radius 3 is 2.29 bits per heavy atom. The summed E-state index contributed by atoms with van der Waals surface area (Å²) in [5, 5.41) is 10.2. The molecule has 0 aromatic heterocycles. The predicted molar refractivity (Wildman–Crippen MR) is 92.6 cm³/mol. The van der Waals surface area contributed by atoms with Gasteiger partial charge in [-0.25, -0.2) is 4.39 Å². The van der Waals surface area contributed by atoms with Gasteiger partial charge in [-0.3, -0.25) is 4.90 Å². The van der Waals surface area contributed by atoms with Gasteiger partial charge in [0.05, 0.1) is 12.7 Å². The maximum atomic E-state index is 13.1. The van der Waals surface area contributed by atoms with Gasteiger partial charge >= 0.3 is 0 Å². The number of aliphatic hydroxyl groups excluding tert-OH is 1. The molecule has 3 nitrogen and oxygen atoms in total. The van der Waals surface area contributed by atoms with Gasteiger partial charge in [0.2, 0.25) is 0 Å². The van der Waals surface area contributed by atoms with Crippen molar-refractivity contribution in [2.75, 3.05) is 19.8 Å². The van der Waals surface area contributed by atoms with Gasteiger partial charge in [0.25, 0.3) is 0 Å². The lowest BCUT2D eigenvalue weighted by molar-refractivity contribution is 0.0243. The average molecular weight is 327 g/mol. The van der Waals surface area contributed by atoms with Crippen LogP contribution in [0.1, 0.15) is 11.1 Å². The van der Waals surface area contributed by atoms with Gasteiger partial charge in [-0.1, -0.05) is 48.4 Å². The van der Waals surface area contributed by atoms with Crippen LogP contribution in [0, 0.1) is 18.2 Å². The first-order valence-corrected chi connectivity index (χ1v) is 7.87. The second-order valence-corrected chi connectivity index (χ2v) is 5.65. The minimum atomic E-state index is -0.637. The van der Waals surface area contributed by atoms with E-state index < -0.39 is 6.10 Å². The third-order valence-electron chi connectivity index (χ3n) is 3.53. The van der Waals surface area contributed by atoms with Crippen LogP contribution in [0.3, 0.4) is 0 Å². The molecule has 0 saturated carbocycles. The first-order chi connectivity index (χ1) is 11.7. The molecule has 0 bridgehead atoms. The van der Waals surface area contributed by atoms with E-state index in [0.717, 1.165) is 11.1 Å². The first-order valence-electron chi connectivity index (χ1n) is 7.87. The molecule has 2 rings (SSSR count). The maximum absolute atomic E-state index is 13.1. The number of hydrogen-bond donors (Lipinski definition) is 1. The van der Waals surface area contributed by atoms with Gasteiger partial charge in [-0.15, -0.1) is 6.42 Å². The van der Waals surface area contributed by atoms with Crippen LogP contribution in [0.15, 0.2) is 54.6 Å². The van der Waals surface area contributed by atoms with E-state index in [9.17, 15) is 9.50 Å². The third-order valence-corrected chi connectivity index (χ3v) is 3.53. The summed E-state index contributed by atoms with van der Waals surface area (Å²) < 4.78 is 18.3. The maximum Gasteiger partial charge on any atom is 0.123 e. The Hall–Kier alpha value is -2.19. The minimum Gasteiger partial charge on any atom is -0.389 e. The van der Waals surface area contributed by atoms with Crippen molar-refractivity contribution in [1.82, 2.24) is 4.90 Å². The average Bonchev–Trinajstić information content (AvgIpc) is 2.58. The monoisotopic (exact) mass is 327 g/mol. The number of ether oxygens (including phenoxy) is 1. The molecule has 0 unspecified atom stereocenters. The molecule has 2 aromatic carbocycles. The van der Waals surface area contributed by atoms with Crippen LogP contribution < -0.4 is 0 Å². The molecule has 0 radical (unpaired) electrons. The molecule has 0 aliphatic carbocycles. The number of hydrogen-bond acceptors (Lipinski definition) is 3. The Balaban J connectivity index is 2.00. The highest BCUT2D eigenvalue weighted by molar-refractivity contribution is 5.17. The molecule has 0 amide bonds. The zero-order valence-corrected chi connectivity index (χ0v) is 13.6. The second-order valence-electron chi connectivity index (χ2n) is 5.65. The molecule has 24 heavy (non-hydrogen) atoms. The Kier molecular flexibility index (Phi) is 7.44. The van der Waals surface area contributed by atoms with Crippen molar-refractivity contribution in [2.24, 2.45) is 0 Å². The summed E-state index contributed by atoms with van der Waals surface area (Å²) >= 11 is 0. The topological polar surface area (TPSA) is 32.7 Å². The largest absolute Gasteiger partial charge is 0.389 e. The van der Waals surface area contributed by atoms with Crippen molar-refractivity contribution in [3.63, 3.8) is 0 Å². The molecule has 1 N–H and O–H groups in total. The quantitative estimate of drug-likeness (QED) is 0.568. The summed E-state index contributed by atoms with van der Waals surface area (Å²) in [6.45, 7) is 2.12. The highest BCUT2D eigenvalue weighted by Crippen LogP contribution is 2.12. The Morgan fingerprint density at radius 2 is 1.67 bits per heavy atom. The van der Waals surface area contributed by atoms with Crippen LogP contribution in [0.2, 0.25) is 0 Å². The summed E-state index contributed by atoms with van der Waals surface area (Å²) in [6.07, 6.45) is 4.50. The highest BCUT2D eigenvalue weighted by Gasteiger charge is 2.13. The number of nitrogens with zero attached hydrogens (tertiary/aromatic N) is 1. The van der Waals surface area contributed by atoms with Gasteiger partial charge in [0.15, 0.2) is 0 Å². The predicted octanol–water partition coefficient (Wildman–Crippen LogP) is 2.84. The van der Waals surface area contributed by atoms with Crippen molar-refractivity contribution in [1.29, 1.82) is 0 Å². The van der Waals surface area contributed by atoms with E-state index in [4.69, 9.17) is 11.2 Å². The van der Waals surface area contributed by atoms with Crippen molar-refractivity contribution >= 4 is 0 Å². The zero-order chi connectivity index (χ0) is 17.2. The fraction of sp³-hybridized carbons (Fsp3) is 0.300. The Morgan fingerprint density at radius 1 is 1.04 bits per heavy atom. The van der Waals surface area contributed by atoms with Gasteiger partial charge in [-0.2, -0.15) is 0 Å². The van der Waals surface area contributed by atoms with E-state index >= 15 is 0 Å². The van der Waals surface area contributed by atoms with Crippen LogP contribution in [0.5, 0.6) is 0 Å². The van der Waals surface area contributed by atoms with Crippen LogP contribution >= 0.6 is 0 Å². The van der Waals surface area contributed by atoms with Gasteiger partial charge in [-0.05, 0) is 23.3 Å². The summed E-state index contributed by atoms with van der Waals surface area (Å²) in [5.74, 6) is 2.13. The molecule has 1 atom stereocenters. The standard InChI is InChI=1S/C20H22FNO2/c1-2-12-24-16-20(23)15-22(13-17-6-4-3-5-7-17)14-18-8-10-19(21)11-9-18/h1,3-11,20,23H,12-16H2/t20-/m0/s1. The molecular weight excluding hydrogens is 305 g/mol. The summed E-state index contributed by atoms with van der Waals surface area (Å²) in [4.78, 5) is 2.10. The van der Waals surface area contributed by atoms with Crippen molar-refractivity contribution in [2.45, 2.75) is 19.2 Å². The smallest absolute Gasteiger partial charge is 0.123 e. The van der Waals surface area contributed by atoms with E-state index in [1.54, 1.807) is 12.1 Å². The molecule has 0 spiro atoms. The van der Waals surface area contributed by atoms with E-state index in [0.29, 0.717) is 19.6 Å². The number of rotatable bonds is 9. The zero-order valence-electron chi connectivity index (χ0n) is 13.6. The van der Waals surface area contributed by atoms with Crippen molar-refractivity contribution < 1.29 is 14.2 Å². The van der Waals surface area contributed by atoms with Crippen molar-refractivity contribution in [3.05, 3.63) is 71.5 Å². The SMILES string of the molecule is C#CCOC[C@@H](O)CN(Cc1ccccc1)Cc1ccc(F)cc1. The number of halogens is 1. The second kappa shape index (κ2) is 9.84. The molecule has 0 saturated heterocycles. The van der Waals surface area contributed by atoms with E-state index in [1.165, 1.54) is 12.1 Å². The molecule has 0 aliphatic rings. The van der Waals surface area contributed by atoms with Gasteiger partial charge in [0.1, 0.15) is 12.4 Å². The molecule has 0 fully saturated rings. The van der Waals surface area contributed by atoms with Gasteiger partial charge in [0, 0.05) is 19.6 Å². The summed E-state index contributed by atoms with van der Waals surface area (Å²) in [6, 6.07) is 16.4. The number of benzene rings is 2. The van der Waals surface area contributed by atoms with Crippen LogP contribution in [-0.2, 0) is 17.8 Å². The Labute approximate surface area is 142 Å². The van der Waals surface area contributed by atoms with Crippen LogP contribution in [0.25, 0.3) is 0 Å². The number of aliphatic hydroxyl groups is 1. The fourth-order valence-corrected chi connectivity index (χ4v) is 2.48. The van der Waals surface area contributed by atoms with E-state index in [2.05, 4.69) is 10.8 Å². The highest BCUT2D eigenvalue weighted by atomic mass is 19.1. The fourth-order valence-electron chi connectivity index (χ4n) is 2.48. The normalized spacial score (nSPS) is 12.1.